The van der Waals surface area contributed by atoms with Gasteiger partial charge in [-0.1, -0.05) is 48.5 Å². The van der Waals surface area contributed by atoms with Gasteiger partial charge in [-0.3, -0.25) is 9.69 Å². The van der Waals surface area contributed by atoms with Gasteiger partial charge < -0.3 is 5.32 Å². The van der Waals surface area contributed by atoms with E-state index >= 15 is 0 Å². The van der Waals surface area contributed by atoms with Gasteiger partial charge in [0, 0.05) is 18.6 Å². The molecule has 1 amide bonds. The zero-order valence-electron chi connectivity index (χ0n) is 14.9. The molecule has 0 aromatic heterocycles. The molecule has 2 aliphatic rings. The van der Waals surface area contributed by atoms with Crippen molar-refractivity contribution >= 4 is 5.91 Å². The highest BCUT2D eigenvalue weighted by Gasteiger charge is 2.46. The van der Waals surface area contributed by atoms with Crippen LogP contribution in [-0.4, -0.2) is 29.9 Å². The van der Waals surface area contributed by atoms with Crippen LogP contribution in [0.2, 0.25) is 0 Å². The summed E-state index contributed by atoms with van der Waals surface area (Å²) in [5.41, 5.74) is 1.96. The second-order valence-electron chi connectivity index (χ2n) is 7.35. The Morgan fingerprint density at radius 3 is 2.69 bits per heavy atom. The molecule has 3 nitrogen and oxygen atoms in total. The fraction of sp³-hybridized carbons (Fsp3) is 0.409. The maximum Gasteiger partial charge on any atom is 0.224 e. The molecule has 0 unspecified atom stereocenters. The van der Waals surface area contributed by atoms with Crippen molar-refractivity contribution in [2.45, 2.75) is 37.8 Å². The number of hydrogen-bond acceptors (Lipinski definition) is 2. The summed E-state index contributed by atoms with van der Waals surface area (Å²) in [4.78, 5) is 15.3. The second kappa shape index (κ2) is 7.58. The van der Waals surface area contributed by atoms with E-state index in [0.717, 1.165) is 25.8 Å². The minimum absolute atomic E-state index is 0.0309. The van der Waals surface area contributed by atoms with Gasteiger partial charge >= 0.3 is 0 Å². The first-order valence-electron chi connectivity index (χ1n) is 9.56. The van der Waals surface area contributed by atoms with Gasteiger partial charge in [0.1, 0.15) is 5.82 Å². The Balaban J connectivity index is 1.39. The highest BCUT2D eigenvalue weighted by atomic mass is 19.1. The fourth-order valence-electron chi connectivity index (χ4n) is 4.60. The molecule has 0 aliphatic carbocycles. The predicted octanol–water partition coefficient (Wildman–Crippen LogP) is 3.71. The number of benzene rings is 2. The molecule has 0 bridgehead atoms. The molecule has 136 valence electrons. The Bertz CT molecular complexity index is 764. The molecule has 2 fully saturated rings. The molecule has 2 heterocycles. The molecule has 4 heteroatoms. The maximum absolute atomic E-state index is 13.7. The number of amides is 1. The molecule has 2 aromatic carbocycles. The van der Waals surface area contributed by atoms with Crippen LogP contribution in [0.3, 0.4) is 0 Å². The summed E-state index contributed by atoms with van der Waals surface area (Å²) < 4.78 is 13.7. The lowest BCUT2D eigenvalue weighted by atomic mass is 9.93. The maximum atomic E-state index is 13.7. The Kier molecular flexibility index (Phi) is 5.02. The first kappa shape index (κ1) is 17.2. The summed E-state index contributed by atoms with van der Waals surface area (Å²) in [5, 5.41) is 3.05. The number of halogens is 1. The highest BCUT2D eigenvalue weighted by molar-refractivity contribution is 5.80. The Morgan fingerprint density at radius 1 is 1.12 bits per heavy atom. The molecular weight excluding hydrogens is 327 g/mol. The molecule has 26 heavy (non-hydrogen) atoms. The third kappa shape index (κ3) is 3.38. The van der Waals surface area contributed by atoms with E-state index in [1.165, 1.54) is 11.6 Å². The fourth-order valence-corrected chi connectivity index (χ4v) is 4.60. The van der Waals surface area contributed by atoms with E-state index in [0.29, 0.717) is 30.6 Å². The first-order valence-corrected chi connectivity index (χ1v) is 9.56. The molecule has 0 radical (unpaired) electrons. The van der Waals surface area contributed by atoms with Crippen molar-refractivity contribution in [2.24, 2.45) is 5.92 Å². The van der Waals surface area contributed by atoms with Crippen molar-refractivity contribution < 1.29 is 9.18 Å². The number of fused-ring (bicyclic) bond motifs is 1. The molecular formula is C22H25FN2O. The quantitative estimate of drug-likeness (QED) is 0.890. The van der Waals surface area contributed by atoms with E-state index in [-0.39, 0.29) is 17.6 Å². The van der Waals surface area contributed by atoms with E-state index in [1.54, 1.807) is 12.1 Å². The minimum Gasteiger partial charge on any atom is -0.355 e. The van der Waals surface area contributed by atoms with Crippen molar-refractivity contribution in [3.8, 4) is 0 Å². The van der Waals surface area contributed by atoms with Crippen LogP contribution < -0.4 is 5.32 Å². The van der Waals surface area contributed by atoms with Crippen molar-refractivity contribution in [1.82, 2.24) is 10.2 Å². The summed E-state index contributed by atoms with van der Waals surface area (Å²) in [6, 6.07) is 18.0. The van der Waals surface area contributed by atoms with E-state index in [1.807, 2.05) is 12.1 Å². The van der Waals surface area contributed by atoms with Gasteiger partial charge in [-0.05, 0) is 49.4 Å². The van der Waals surface area contributed by atoms with E-state index < -0.39 is 0 Å². The van der Waals surface area contributed by atoms with E-state index in [9.17, 15) is 9.18 Å². The summed E-state index contributed by atoms with van der Waals surface area (Å²) in [6.45, 7) is 1.56. The summed E-state index contributed by atoms with van der Waals surface area (Å²) in [7, 11) is 0. The number of hydrogen-bond donors (Lipinski definition) is 1. The average molecular weight is 352 g/mol. The monoisotopic (exact) mass is 352 g/mol. The first-order chi connectivity index (χ1) is 12.7. The van der Waals surface area contributed by atoms with Crippen LogP contribution in [0.15, 0.2) is 54.6 Å². The zero-order chi connectivity index (χ0) is 17.9. The lowest BCUT2D eigenvalue weighted by Gasteiger charge is -2.24. The number of rotatable bonds is 5. The van der Waals surface area contributed by atoms with Crippen LogP contribution in [0.1, 0.15) is 36.4 Å². The van der Waals surface area contributed by atoms with Crippen molar-refractivity contribution in [3.63, 3.8) is 0 Å². The van der Waals surface area contributed by atoms with Crippen molar-refractivity contribution in [1.29, 1.82) is 0 Å². The Morgan fingerprint density at radius 2 is 1.88 bits per heavy atom. The van der Waals surface area contributed by atoms with Gasteiger partial charge in [-0.25, -0.2) is 4.39 Å². The van der Waals surface area contributed by atoms with Crippen molar-refractivity contribution in [3.05, 3.63) is 71.5 Å². The smallest absolute Gasteiger partial charge is 0.224 e. The van der Waals surface area contributed by atoms with Gasteiger partial charge in [0.2, 0.25) is 5.91 Å². The van der Waals surface area contributed by atoms with Crippen LogP contribution in [0.4, 0.5) is 4.39 Å². The Hall–Kier alpha value is -2.20. The summed E-state index contributed by atoms with van der Waals surface area (Å²) >= 11 is 0. The van der Waals surface area contributed by atoms with Crippen molar-refractivity contribution in [2.75, 3.05) is 13.1 Å². The third-order valence-corrected chi connectivity index (χ3v) is 5.86. The molecule has 4 rings (SSSR count). The number of carbonyl (C=O) groups excluding carboxylic acids is 1. The Labute approximate surface area is 154 Å². The van der Waals surface area contributed by atoms with Gasteiger partial charge in [0.15, 0.2) is 0 Å². The van der Waals surface area contributed by atoms with Gasteiger partial charge in [-0.15, -0.1) is 0 Å². The van der Waals surface area contributed by atoms with Gasteiger partial charge in [0.25, 0.3) is 0 Å². The second-order valence-corrected chi connectivity index (χ2v) is 7.35. The average Bonchev–Trinajstić information content (AvgIpc) is 3.26. The number of nitrogens with one attached hydrogen (secondary N) is 1. The summed E-state index contributed by atoms with van der Waals surface area (Å²) in [6.07, 6.45) is 3.66. The largest absolute Gasteiger partial charge is 0.355 e. The normalized spacial score (nSPS) is 25.2. The topological polar surface area (TPSA) is 32.3 Å². The number of nitrogens with zero attached hydrogens (tertiary/aromatic N) is 1. The lowest BCUT2D eigenvalue weighted by Crippen LogP contribution is -2.38. The van der Waals surface area contributed by atoms with Crippen LogP contribution in [0, 0.1) is 11.7 Å². The minimum atomic E-state index is -0.200. The number of carbonyl (C=O) groups is 1. The molecule has 2 aromatic rings. The van der Waals surface area contributed by atoms with Gasteiger partial charge in [0.05, 0.1) is 5.92 Å². The molecule has 0 saturated carbocycles. The SMILES string of the molecule is O=C(NCCc1ccccc1F)[C@@H]1C[C@H](c2ccccc2)N2CCC[C@@H]12. The van der Waals surface area contributed by atoms with Crippen LogP contribution in [-0.2, 0) is 11.2 Å². The summed E-state index contributed by atoms with van der Waals surface area (Å²) in [5.74, 6) is -0.0475. The molecule has 0 spiro atoms. The predicted molar refractivity (Wildman–Crippen MR) is 100 cm³/mol. The lowest BCUT2D eigenvalue weighted by molar-refractivity contribution is -0.125. The molecule has 1 N–H and O–H groups in total. The van der Waals surface area contributed by atoms with Crippen LogP contribution in [0.5, 0.6) is 0 Å². The molecule has 3 atom stereocenters. The highest BCUT2D eigenvalue weighted by Crippen LogP contribution is 2.44. The zero-order valence-corrected chi connectivity index (χ0v) is 14.9. The van der Waals surface area contributed by atoms with E-state index in [2.05, 4.69) is 34.5 Å². The van der Waals surface area contributed by atoms with Crippen LogP contribution >= 0.6 is 0 Å². The van der Waals surface area contributed by atoms with Gasteiger partial charge in [-0.2, -0.15) is 0 Å². The standard InChI is InChI=1S/C22H25FN2O/c23-19-10-5-4-7-16(19)12-13-24-22(26)18-15-21(17-8-2-1-3-9-17)25-14-6-11-20(18)25/h1-5,7-10,18,20-21H,6,11-15H2,(H,24,26)/t18-,20+,21-/m1/s1. The molecule has 2 aliphatic heterocycles. The third-order valence-electron chi connectivity index (χ3n) is 5.86. The van der Waals surface area contributed by atoms with E-state index in [4.69, 9.17) is 0 Å². The van der Waals surface area contributed by atoms with Crippen LogP contribution in [0.25, 0.3) is 0 Å². The molecule has 2 saturated heterocycles.